The number of piperazine rings is 1. The quantitative estimate of drug-likeness (QED) is 0.862. The van der Waals surface area contributed by atoms with Gasteiger partial charge < -0.3 is 16.0 Å². The van der Waals surface area contributed by atoms with Crippen molar-refractivity contribution in [2.75, 3.05) is 19.6 Å². The van der Waals surface area contributed by atoms with Crippen LogP contribution in [0.4, 0.5) is 0 Å². The van der Waals surface area contributed by atoms with Crippen LogP contribution in [0.25, 0.3) is 0 Å². The smallest absolute Gasteiger partial charge is 0.240 e. The van der Waals surface area contributed by atoms with Crippen molar-refractivity contribution in [3.63, 3.8) is 0 Å². The minimum atomic E-state index is -0.397. The Morgan fingerprint density at radius 1 is 1.40 bits per heavy atom. The van der Waals surface area contributed by atoms with E-state index in [-0.39, 0.29) is 17.9 Å². The van der Waals surface area contributed by atoms with Crippen molar-refractivity contribution < 1.29 is 4.79 Å². The lowest BCUT2D eigenvalue weighted by Gasteiger charge is -2.38. The summed E-state index contributed by atoms with van der Waals surface area (Å²) in [7, 11) is 0. The van der Waals surface area contributed by atoms with Crippen molar-refractivity contribution in [3.8, 4) is 0 Å². The van der Waals surface area contributed by atoms with Crippen LogP contribution in [0.5, 0.6) is 0 Å². The molecule has 1 aliphatic rings. The average molecular weight is 275 g/mol. The number of hydrogen-bond acceptors (Lipinski definition) is 3. The van der Waals surface area contributed by atoms with Gasteiger partial charge in [0.2, 0.25) is 5.91 Å². The highest BCUT2D eigenvalue weighted by atomic mass is 16.2. The summed E-state index contributed by atoms with van der Waals surface area (Å²) in [5.74, 6) is 0.261. The fourth-order valence-electron chi connectivity index (χ4n) is 2.60. The van der Waals surface area contributed by atoms with Crippen LogP contribution >= 0.6 is 0 Å². The van der Waals surface area contributed by atoms with Crippen molar-refractivity contribution in [2.24, 2.45) is 11.7 Å². The lowest BCUT2D eigenvalue weighted by molar-refractivity contribution is -0.136. The summed E-state index contributed by atoms with van der Waals surface area (Å²) in [5.41, 5.74) is 7.30. The molecule has 1 heterocycles. The van der Waals surface area contributed by atoms with E-state index in [1.54, 1.807) is 0 Å². The van der Waals surface area contributed by atoms with Gasteiger partial charge in [0, 0.05) is 25.7 Å². The van der Waals surface area contributed by atoms with Gasteiger partial charge >= 0.3 is 0 Å². The van der Waals surface area contributed by atoms with E-state index in [1.807, 2.05) is 36.9 Å². The second-order valence-corrected chi connectivity index (χ2v) is 5.85. The molecule has 1 aliphatic heterocycles. The van der Waals surface area contributed by atoms with Gasteiger partial charge in [-0.2, -0.15) is 0 Å². The van der Waals surface area contributed by atoms with Gasteiger partial charge in [-0.25, -0.2) is 0 Å². The summed E-state index contributed by atoms with van der Waals surface area (Å²) in [6.45, 7) is 6.43. The van der Waals surface area contributed by atoms with Gasteiger partial charge in [0.25, 0.3) is 0 Å². The van der Waals surface area contributed by atoms with Crippen LogP contribution < -0.4 is 11.1 Å². The highest BCUT2D eigenvalue weighted by Crippen LogP contribution is 2.14. The molecule has 4 heteroatoms. The Bertz CT molecular complexity index is 433. The van der Waals surface area contributed by atoms with Crippen LogP contribution in [0.15, 0.2) is 30.3 Å². The molecule has 1 aromatic carbocycles. The first-order valence-electron chi connectivity index (χ1n) is 7.40. The maximum atomic E-state index is 12.5. The summed E-state index contributed by atoms with van der Waals surface area (Å²) in [4.78, 5) is 14.5. The molecule has 0 radical (unpaired) electrons. The molecule has 20 heavy (non-hydrogen) atoms. The Balaban J connectivity index is 2.07. The highest BCUT2D eigenvalue weighted by Gasteiger charge is 2.30. The van der Waals surface area contributed by atoms with Crippen molar-refractivity contribution in [1.82, 2.24) is 10.2 Å². The lowest BCUT2D eigenvalue weighted by atomic mass is 9.99. The molecule has 1 amide bonds. The van der Waals surface area contributed by atoms with Crippen molar-refractivity contribution in [3.05, 3.63) is 35.9 Å². The molecule has 1 aromatic rings. The van der Waals surface area contributed by atoms with Crippen molar-refractivity contribution >= 4 is 5.91 Å². The number of carbonyl (C=O) groups excluding carboxylic acids is 1. The summed E-state index contributed by atoms with van der Waals surface area (Å²) < 4.78 is 0. The molecule has 1 saturated heterocycles. The first-order chi connectivity index (χ1) is 9.59. The molecular weight excluding hydrogens is 250 g/mol. The molecule has 3 N–H and O–H groups in total. The monoisotopic (exact) mass is 275 g/mol. The molecule has 0 spiro atoms. The minimum absolute atomic E-state index is 0.0856. The molecular formula is C16H25N3O. The zero-order valence-corrected chi connectivity index (χ0v) is 12.4. The first kappa shape index (κ1) is 15.0. The van der Waals surface area contributed by atoms with Gasteiger partial charge in [0.15, 0.2) is 0 Å². The molecule has 0 aromatic heterocycles. The predicted octanol–water partition coefficient (Wildman–Crippen LogP) is 1.01. The van der Waals surface area contributed by atoms with Gasteiger partial charge in [-0.05, 0) is 17.9 Å². The average Bonchev–Trinajstić information content (AvgIpc) is 2.47. The standard InChI is InChI=1S/C16H25N3O/c1-12(2)15(17)16(20)19-9-8-18-11-14(19)10-13-6-4-3-5-7-13/h3-7,12,14-15,18H,8-11,17H2,1-2H3. The summed E-state index contributed by atoms with van der Waals surface area (Å²) in [5, 5.41) is 3.37. The van der Waals surface area contributed by atoms with Crippen molar-refractivity contribution in [1.29, 1.82) is 0 Å². The third-order valence-corrected chi connectivity index (χ3v) is 3.95. The normalized spacial score (nSPS) is 21.0. The first-order valence-corrected chi connectivity index (χ1v) is 7.40. The number of amides is 1. The number of carbonyl (C=O) groups is 1. The summed E-state index contributed by atoms with van der Waals surface area (Å²) in [6, 6.07) is 10.1. The molecule has 1 fully saturated rings. The third-order valence-electron chi connectivity index (χ3n) is 3.95. The SMILES string of the molecule is CC(C)C(N)C(=O)N1CCNCC1Cc1ccccc1. The number of nitrogens with one attached hydrogen (secondary N) is 1. The van der Waals surface area contributed by atoms with Crippen LogP contribution in [0, 0.1) is 5.92 Å². The van der Waals surface area contributed by atoms with E-state index in [2.05, 4.69) is 17.4 Å². The second-order valence-electron chi connectivity index (χ2n) is 5.85. The van der Waals surface area contributed by atoms with E-state index < -0.39 is 6.04 Å². The van der Waals surface area contributed by atoms with Crippen LogP contribution in [0.2, 0.25) is 0 Å². The molecule has 2 rings (SSSR count). The summed E-state index contributed by atoms with van der Waals surface area (Å²) >= 11 is 0. The van der Waals surface area contributed by atoms with Crippen LogP contribution in [0.1, 0.15) is 19.4 Å². The number of nitrogens with two attached hydrogens (primary N) is 1. The van der Waals surface area contributed by atoms with Crippen LogP contribution in [-0.4, -0.2) is 42.5 Å². The predicted molar refractivity (Wildman–Crippen MR) is 81.3 cm³/mol. The Kier molecular flexibility index (Phi) is 5.15. The molecule has 2 atom stereocenters. The zero-order valence-electron chi connectivity index (χ0n) is 12.4. The Morgan fingerprint density at radius 3 is 2.75 bits per heavy atom. The molecule has 0 saturated carbocycles. The van der Waals surface area contributed by atoms with E-state index >= 15 is 0 Å². The minimum Gasteiger partial charge on any atom is -0.335 e. The highest BCUT2D eigenvalue weighted by molar-refractivity contribution is 5.82. The van der Waals surface area contributed by atoms with E-state index in [1.165, 1.54) is 5.56 Å². The van der Waals surface area contributed by atoms with Crippen molar-refractivity contribution in [2.45, 2.75) is 32.4 Å². The maximum Gasteiger partial charge on any atom is 0.240 e. The number of rotatable bonds is 4. The van der Waals surface area contributed by atoms with Gasteiger partial charge in [-0.1, -0.05) is 44.2 Å². The number of nitrogens with zero attached hydrogens (tertiary/aromatic N) is 1. The van der Waals surface area contributed by atoms with Crippen LogP contribution in [-0.2, 0) is 11.2 Å². The van der Waals surface area contributed by atoms with Crippen LogP contribution in [0.3, 0.4) is 0 Å². The fraction of sp³-hybridized carbons (Fsp3) is 0.562. The molecule has 2 unspecified atom stereocenters. The lowest BCUT2D eigenvalue weighted by Crippen LogP contribution is -2.59. The second kappa shape index (κ2) is 6.86. The molecule has 110 valence electrons. The van der Waals surface area contributed by atoms with Gasteiger partial charge in [0.1, 0.15) is 0 Å². The molecule has 0 bridgehead atoms. The molecule has 0 aliphatic carbocycles. The molecule has 4 nitrogen and oxygen atoms in total. The van der Waals surface area contributed by atoms with Gasteiger partial charge in [-0.15, -0.1) is 0 Å². The summed E-state index contributed by atoms with van der Waals surface area (Å²) in [6.07, 6.45) is 0.879. The van der Waals surface area contributed by atoms with E-state index in [9.17, 15) is 4.79 Å². The third kappa shape index (κ3) is 3.58. The zero-order chi connectivity index (χ0) is 14.5. The Hall–Kier alpha value is -1.39. The van der Waals surface area contributed by atoms with Gasteiger partial charge in [0.05, 0.1) is 6.04 Å². The number of benzene rings is 1. The maximum absolute atomic E-state index is 12.5. The Labute approximate surface area is 121 Å². The van der Waals surface area contributed by atoms with Gasteiger partial charge in [-0.3, -0.25) is 4.79 Å². The fourth-order valence-corrected chi connectivity index (χ4v) is 2.60. The Morgan fingerprint density at radius 2 is 2.10 bits per heavy atom. The topological polar surface area (TPSA) is 58.4 Å². The van der Waals surface area contributed by atoms with E-state index in [0.29, 0.717) is 0 Å². The van der Waals surface area contributed by atoms with E-state index in [4.69, 9.17) is 5.73 Å². The van der Waals surface area contributed by atoms with E-state index in [0.717, 1.165) is 26.1 Å². The largest absolute Gasteiger partial charge is 0.335 e. The number of hydrogen-bond donors (Lipinski definition) is 2.